The number of pyridine rings is 1. The number of carbonyl (C=O) groups excluding carboxylic acids is 2. The van der Waals surface area contributed by atoms with Gasteiger partial charge in [-0.25, -0.2) is 0 Å². The highest BCUT2D eigenvalue weighted by atomic mass is 35.5. The summed E-state index contributed by atoms with van der Waals surface area (Å²) in [6, 6.07) is 8.05. The number of methoxy groups -OCH3 is 1. The van der Waals surface area contributed by atoms with Crippen molar-refractivity contribution in [2.24, 2.45) is 0 Å². The fourth-order valence-electron chi connectivity index (χ4n) is 2.92. The normalized spacial score (nSPS) is 14.0. The van der Waals surface area contributed by atoms with Crippen molar-refractivity contribution in [3.63, 3.8) is 0 Å². The largest absolute Gasteiger partial charge is 0.495 e. The van der Waals surface area contributed by atoms with Crippen LogP contribution >= 0.6 is 11.6 Å². The molecular formula is C19H20ClN3O3. The van der Waals surface area contributed by atoms with E-state index in [4.69, 9.17) is 16.3 Å². The zero-order valence-electron chi connectivity index (χ0n) is 14.5. The van der Waals surface area contributed by atoms with E-state index in [-0.39, 0.29) is 17.5 Å². The summed E-state index contributed by atoms with van der Waals surface area (Å²) in [5.41, 5.74) is 1.09. The Kier molecular flexibility index (Phi) is 5.73. The molecule has 1 aliphatic rings. The summed E-state index contributed by atoms with van der Waals surface area (Å²) in [5.74, 6) is 0.00164. The van der Waals surface area contributed by atoms with Crippen molar-refractivity contribution in [3.8, 4) is 5.75 Å². The van der Waals surface area contributed by atoms with Crippen molar-refractivity contribution in [3.05, 3.63) is 52.8 Å². The number of hydrogen-bond donors (Lipinski definition) is 1. The number of nitrogens with one attached hydrogen (secondary N) is 1. The molecule has 2 heterocycles. The average Bonchev–Trinajstić information content (AvgIpc) is 2.68. The van der Waals surface area contributed by atoms with Crippen LogP contribution in [0.4, 0.5) is 5.69 Å². The standard InChI is InChI=1S/C19H20ClN3O3/c1-26-17-6-5-14(20)12-15(17)22-18(24)13-7-8-21-16(11-13)19(25)23-9-3-2-4-10-23/h5-8,11-12H,2-4,9-10H2,1H3,(H,22,24). The molecule has 7 heteroatoms. The third-order valence-corrected chi connectivity index (χ3v) is 4.53. The average molecular weight is 374 g/mol. The highest BCUT2D eigenvalue weighted by molar-refractivity contribution is 6.31. The first-order valence-electron chi connectivity index (χ1n) is 8.48. The molecule has 6 nitrogen and oxygen atoms in total. The summed E-state index contributed by atoms with van der Waals surface area (Å²) in [5, 5.41) is 3.25. The van der Waals surface area contributed by atoms with E-state index in [1.54, 1.807) is 29.2 Å². The SMILES string of the molecule is COc1ccc(Cl)cc1NC(=O)c1ccnc(C(=O)N2CCCCC2)c1. The van der Waals surface area contributed by atoms with E-state index < -0.39 is 0 Å². The highest BCUT2D eigenvalue weighted by Crippen LogP contribution is 2.28. The second kappa shape index (κ2) is 8.19. The van der Waals surface area contributed by atoms with Gasteiger partial charge in [-0.1, -0.05) is 11.6 Å². The Morgan fingerprint density at radius 2 is 1.92 bits per heavy atom. The number of aromatic nitrogens is 1. The fourth-order valence-corrected chi connectivity index (χ4v) is 3.09. The predicted octanol–water partition coefficient (Wildman–Crippen LogP) is 3.62. The number of likely N-dealkylation sites (tertiary alicyclic amines) is 1. The van der Waals surface area contributed by atoms with E-state index in [0.29, 0.717) is 22.0 Å². The van der Waals surface area contributed by atoms with Gasteiger partial charge in [-0.05, 0) is 49.6 Å². The van der Waals surface area contributed by atoms with Gasteiger partial charge in [-0.3, -0.25) is 14.6 Å². The number of benzene rings is 1. The van der Waals surface area contributed by atoms with E-state index in [0.717, 1.165) is 32.4 Å². The monoisotopic (exact) mass is 373 g/mol. The van der Waals surface area contributed by atoms with Crippen molar-refractivity contribution >= 4 is 29.1 Å². The molecule has 0 bridgehead atoms. The Balaban J connectivity index is 1.78. The Morgan fingerprint density at radius 3 is 2.65 bits per heavy atom. The number of carbonyl (C=O) groups is 2. The maximum Gasteiger partial charge on any atom is 0.272 e. The predicted molar refractivity (Wildman–Crippen MR) is 99.9 cm³/mol. The second-order valence-corrected chi connectivity index (χ2v) is 6.52. The lowest BCUT2D eigenvalue weighted by atomic mass is 10.1. The number of anilines is 1. The molecule has 1 fully saturated rings. The lowest BCUT2D eigenvalue weighted by Gasteiger charge is -2.26. The Hall–Kier alpha value is -2.60. The number of hydrogen-bond acceptors (Lipinski definition) is 4. The maximum atomic E-state index is 12.6. The third kappa shape index (κ3) is 4.14. The first-order chi connectivity index (χ1) is 12.6. The van der Waals surface area contributed by atoms with Gasteiger partial charge in [-0.2, -0.15) is 0 Å². The first-order valence-corrected chi connectivity index (χ1v) is 8.86. The van der Waals surface area contributed by atoms with Crippen LogP contribution in [0.3, 0.4) is 0 Å². The molecule has 0 atom stereocenters. The first kappa shape index (κ1) is 18.2. The van der Waals surface area contributed by atoms with Crippen LogP contribution in [0.25, 0.3) is 0 Å². The van der Waals surface area contributed by atoms with Gasteiger partial charge in [0.25, 0.3) is 11.8 Å². The van der Waals surface area contributed by atoms with Crippen LogP contribution in [-0.2, 0) is 0 Å². The molecule has 3 rings (SSSR count). The number of piperidine rings is 1. The summed E-state index contributed by atoms with van der Waals surface area (Å²) in [6.07, 6.45) is 4.61. The van der Waals surface area contributed by atoms with E-state index in [2.05, 4.69) is 10.3 Å². The molecule has 1 aromatic heterocycles. The van der Waals surface area contributed by atoms with Crippen LogP contribution in [0.1, 0.15) is 40.1 Å². The molecule has 0 saturated carbocycles. The van der Waals surface area contributed by atoms with E-state index in [1.165, 1.54) is 19.4 Å². The number of rotatable bonds is 4. The van der Waals surface area contributed by atoms with Gasteiger partial charge in [0.15, 0.2) is 0 Å². The van der Waals surface area contributed by atoms with Crippen LogP contribution in [0.15, 0.2) is 36.5 Å². The lowest BCUT2D eigenvalue weighted by Crippen LogP contribution is -2.36. The molecule has 0 aliphatic carbocycles. The van der Waals surface area contributed by atoms with Gasteiger partial charge >= 0.3 is 0 Å². The van der Waals surface area contributed by atoms with Crippen molar-refractivity contribution in [1.82, 2.24) is 9.88 Å². The molecule has 136 valence electrons. The summed E-state index contributed by atoms with van der Waals surface area (Å²) < 4.78 is 5.23. The third-order valence-electron chi connectivity index (χ3n) is 4.29. The van der Waals surface area contributed by atoms with Gasteiger partial charge in [0.2, 0.25) is 0 Å². The quantitative estimate of drug-likeness (QED) is 0.888. The van der Waals surface area contributed by atoms with Gasteiger partial charge in [0.05, 0.1) is 12.8 Å². The van der Waals surface area contributed by atoms with Gasteiger partial charge in [0.1, 0.15) is 11.4 Å². The van der Waals surface area contributed by atoms with Gasteiger partial charge in [-0.15, -0.1) is 0 Å². The van der Waals surface area contributed by atoms with Crippen LogP contribution in [0, 0.1) is 0 Å². The molecule has 1 saturated heterocycles. The van der Waals surface area contributed by atoms with Crippen molar-refractivity contribution in [1.29, 1.82) is 0 Å². The molecule has 2 amide bonds. The maximum absolute atomic E-state index is 12.6. The molecule has 2 aromatic rings. The topological polar surface area (TPSA) is 71.5 Å². The van der Waals surface area contributed by atoms with Gasteiger partial charge < -0.3 is 15.0 Å². The van der Waals surface area contributed by atoms with Crippen molar-refractivity contribution < 1.29 is 14.3 Å². The minimum atomic E-state index is -0.360. The zero-order chi connectivity index (χ0) is 18.5. The minimum absolute atomic E-state index is 0.139. The second-order valence-electron chi connectivity index (χ2n) is 6.08. The number of nitrogens with zero attached hydrogens (tertiary/aromatic N) is 2. The van der Waals surface area contributed by atoms with Crippen molar-refractivity contribution in [2.45, 2.75) is 19.3 Å². The summed E-state index contributed by atoms with van der Waals surface area (Å²) in [7, 11) is 1.51. The summed E-state index contributed by atoms with van der Waals surface area (Å²) in [4.78, 5) is 31.1. The van der Waals surface area contributed by atoms with E-state index in [9.17, 15) is 9.59 Å². The minimum Gasteiger partial charge on any atom is -0.495 e. The van der Waals surface area contributed by atoms with Crippen LogP contribution < -0.4 is 10.1 Å². The number of halogens is 1. The van der Waals surface area contributed by atoms with E-state index in [1.807, 2.05) is 0 Å². The van der Waals surface area contributed by atoms with Crippen LogP contribution in [0.2, 0.25) is 5.02 Å². The summed E-state index contributed by atoms with van der Waals surface area (Å²) >= 11 is 5.99. The Morgan fingerprint density at radius 1 is 1.15 bits per heavy atom. The smallest absolute Gasteiger partial charge is 0.272 e. The molecular weight excluding hydrogens is 354 g/mol. The molecule has 0 radical (unpaired) electrons. The molecule has 1 N–H and O–H groups in total. The van der Waals surface area contributed by atoms with Gasteiger partial charge in [0, 0.05) is 29.9 Å². The zero-order valence-corrected chi connectivity index (χ0v) is 15.3. The van der Waals surface area contributed by atoms with E-state index >= 15 is 0 Å². The highest BCUT2D eigenvalue weighted by Gasteiger charge is 2.20. The Labute approximate surface area is 157 Å². The fraction of sp³-hybridized carbons (Fsp3) is 0.316. The molecule has 0 spiro atoms. The van der Waals surface area contributed by atoms with Crippen LogP contribution in [-0.4, -0.2) is 41.9 Å². The van der Waals surface area contributed by atoms with Crippen LogP contribution in [0.5, 0.6) is 5.75 Å². The molecule has 1 aliphatic heterocycles. The number of ether oxygens (including phenoxy) is 1. The molecule has 26 heavy (non-hydrogen) atoms. The molecule has 1 aromatic carbocycles. The van der Waals surface area contributed by atoms with Crippen molar-refractivity contribution in [2.75, 3.05) is 25.5 Å². The molecule has 0 unspecified atom stereocenters. The Bertz CT molecular complexity index is 819. The lowest BCUT2D eigenvalue weighted by molar-refractivity contribution is 0.0718. The number of amides is 2. The summed E-state index contributed by atoms with van der Waals surface area (Å²) in [6.45, 7) is 1.47.